The highest BCUT2D eigenvalue weighted by Gasteiger charge is 2.22. The maximum Gasteiger partial charge on any atom is 0.222 e. The average molecular weight is 372 g/mol. The van der Waals surface area contributed by atoms with Crippen LogP contribution in [0.5, 0.6) is 0 Å². The number of aryl methyl sites for hydroxylation is 1. The number of aromatic nitrogens is 3. The molecule has 1 aliphatic heterocycles. The van der Waals surface area contributed by atoms with Gasteiger partial charge >= 0.3 is 0 Å². The fourth-order valence-corrected chi connectivity index (χ4v) is 2.88. The molecule has 1 aromatic carbocycles. The Kier molecular flexibility index (Phi) is 7.66. The van der Waals surface area contributed by atoms with Crippen molar-refractivity contribution in [3.63, 3.8) is 0 Å². The molecule has 8 heteroatoms. The number of benzene rings is 1. The molecule has 1 aromatic heterocycles. The normalized spacial score (nSPS) is 14.8. The molecule has 0 saturated heterocycles. The molecule has 0 radical (unpaired) electrons. The third-order valence-electron chi connectivity index (χ3n) is 4.04. The van der Waals surface area contributed by atoms with Crippen molar-refractivity contribution in [2.75, 3.05) is 0 Å². The van der Waals surface area contributed by atoms with E-state index in [9.17, 15) is 4.79 Å². The quantitative estimate of drug-likeness (QED) is 0.844. The second-order valence-electron chi connectivity index (χ2n) is 5.74. The maximum atomic E-state index is 12.2. The van der Waals surface area contributed by atoms with Crippen LogP contribution in [0.4, 0.5) is 0 Å². The van der Waals surface area contributed by atoms with Crippen molar-refractivity contribution in [1.29, 1.82) is 0 Å². The summed E-state index contributed by atoms with van der Waals surface area (Å²) in [7, 11) is 0. The van der Waals surface area contributed by atoms with Gasteiger partial charge in [0, 0.05) is 25.4 Å². The van der Waals surface area contributed by atoms with Gasteiger partial charge in [-0.15, -0.1) is 35.0 Å². The summed E-state index contributed by atoms with van der Waals surface area (Å²) in [5.74, 6) is 1.77. The Morgan fingerprint density at radius 2 is 2.00 bits per heavy atom. The summed E-state index contributed by atoms with van der Waals surface area (Å²) in [6, 6.07) is 9.21. The first-order chi connectivity index (χ1) is 10.6. The number of fused-ring (bicyclic) bond motifs is 1. The highest BCUT2D eigenvalue weighted by atomic mass is 35.5. The lowest BCUT2D eigenvalue weighted by Gasteiger charge is -2.16. The Morgan fingerprint density at radius 1 is 1.29 bits per heavy atom. The second kappa shape index (κ2) is 9.01. The summed E-state index contributed by atoms with van der Waals surface area (Å²) < 4.78 is 2.10. The Hall–Kier alpha value is -1.63. The number of nitrogens with two attached hydrogens (primary N) is 1. The molecule has 0 saturated carbocycles. The molecule has 0 aliphatic carbocycles. The van der Waals surface area contributed by atoms with E-state index in [0.717, 1.165) is 36.6 Å². The van der Waals surface area contributed by atoms with E-state index in [2.05, 4.69) is 20.1 Å². The molecule has 0 fully saturated rings. The van der Waals surface area contributed by atoms with E-state index in [1.54, 1.807) is 0 Å². The third-order valence-corrected chi connectivity index (χ3v) is 4.04. The van der Waals surface area contributed by atoms with E-state index in [4.69, 9.17) is 5.73 Å². The molecule has 1 aliphatic rings. The van der Waals surface area contributed by atoms with Crippen LogP contribution in [0.15, 0.2) is 30.3 Å². The fraction of sp³-hybridized carbons (Fsp3) is 0.438. The van der Waals surface area contributed by atoms with Crippen LogP contribution >= 0.6 is 24.8 Å². The molecule has 24 heavy (non-hydrogen) atoms. The van der Waals surface area contributed by atoms with Gasteiger partial charge in [-0.25, -0.2) is 0 Å². The summed E-state index contributed by atoms with van der Waals surface area (Å²) >= 11 is 0. The summed E-state index contributed by atoms with van der Waals surface area (Å²) in [4.78, 5) is 12.2. The predicted octanol–water partition coefficient (Wildman–Crippen LogP) is 2.34. The number of halogens is 2. The molecule has 3 rings (SSSR count). The van der Waals surface area contributed by atoms with Crippen LogP contribution in [0, 0.1) is 0 Å². The Morgan fingerprint density at radius 3 is 2.71 bits per heavy atom. The van der Waals surface area contributed by atoms with E-state index < -0.39 is 0 Å². The van der Waals surface area contributed by atoms with E-state index in [1.165, 1.54) is 0 Å². The number of carbonyl (C=O) groups excluding carboxylic acids is 1. The number of nitrogens with zero attached hydrogens (tertiary/aromatic N) is 3. The molecule has 6 nitrogen and oxygen atoms in total. The largest absolute Gasteiger partial charge is 0.346 e. The molecule has 132 valence electrons. The smallest absolute Gasteiger partial charge is 0.222 e. The monoisotopic (exact) mass is 371 g/mol. The molecule has 2 aromatic rings. The summed E-state index contributed by atoms with van der Waals surface area (Å²) in [6.45, 7) is 2.86. The number of carbonyl (C=O) groups is 1. The van der Waals surface area contributed by atoms with E-state index in [0.29, 0.717) is 0 Å². The molecular formula is C16H23Cl2N5O. The molecule has 1 amide bonds. The highest BCUT2D eigenvalue weighted by molar-refractivity contribution is 5.85. The summed E-state index contributed by atoms with van der Waals surface area (Å²) in [6.07, 6.45) is 2.32. The van der Waals surface area contributed by atoms with Gasteiger partial charge in [-0.05, 0) is 18.9 Å². The number of amides is 1. The summed E-state index contributed by atoms with van der Waals surface area (Å²) in [5.41, 5.74) is 7.05. The van der Waals surface area contributed by atoms with Gasteiger partial charge in [0.25, 0.3) is 0 Å². The van der Waals surface area contributed by atoms with Gasteiger partial charge in [0.2, 0.25) is 5.91 Å². The molecule has 0 bridgehead atoms. The molecule has 0 spiro atoms. The molecule has 2 unspecified atom stereocenters. The van der Waals surface area contributed by atoms with Gasteiger partial charge < -0.3 is 15.6 Å². The van der Waals surface area contributed by atoms with Crippen LogP contribution in [0.3, 0.4) is 0 Å². The molecule has 3 N–H and O–H groups in total. The lowest BCUT2D eigenvalue weighted by molar-refractivity contribution is -0.122. The first-order valence-corrected chi connectivity index (χ1v) is 7.67. The van der Waals surface area contributed by atoms with Crippen LogP contribution in [0.25, 0.3) is 0 Å². The van der Waals surface area contributed by atoms with Crippen molar-refractivity contribution in [1.82, 2.24) is 20.1 Å². The maximum absolute atomic E-state index is 12.2. The zero-order valence-electron chi connectivity index (χ0n) is 13.5. The van der Waals surface area contributed by atoms with Crippen LogP contribution in [0.1, 0.15) is 49.1 Å². The van der Waals surface area contributed by atoms with Crippen molar-refractivity contribution < 1.29 is 4.79 Å². The Balaban J connectivity index is 0.00000144. The van der Waals surface area contributed by atoms with Crippen molar-refractivity contribution in [3.8, 4) is 0 Å². The lowest BCUT2D eigenvalue weighted by Crippen LogP contribution is -2.31. The average Bonchev–Trinajstić information content (AvgIpc) is 3.10. The molecule has 2 atom stereocenters. The zero-order valence-corrected chi connectivity index (χ0v) is 15.1. The Bertz CT molecular complexity index is 662. The van der Waals surface area contributed by atoms with Gasteiger partial charge in [-0.3, -0.25) is 4.79 Å². The molecule has 2 heterocycles. The van der Waals surface area contributed by atoms with E-state index in [1.807, 2.05) is 37.3 Å². The minimum atomic E-state index is -0.294. The van der Waals surface area contributed by atoms with Crippen LogP contribution < -0.4 is 11.1 Å². The van der Waals surface area contributed by atoms with Crippen molar-refractivity contribution in [2.24, 2.45) is 5.73 Å². The number of hydrogen-bond donors (Lipinski definition) is 2. The summed E-state index contributed by atoms with van der Waals surface area (Å²) in [5, 5.41) is 11.3. The minimum absolute atomic E-state index is 0. The number of hydrogen-bond acceptors (Lipinski definition) is 4. The SMILES string of the molecule is CC(NC(=O)CC(N)c1ccccc1)c1nnc2n1CCC2.Cl.Cl. The van der Waals surface area contributed by atoms with Crippen LogP contribution in [0.2, 0.25) is 0 Å². The van der Waals surface area contributed by atoms with Crippen molar-refractivity contribution in [2.45, 2.75) is 44.8 Å². The number of nitrogens with one attached hydrogen (secondary N) is 1. The van der Waals surface area contributed by atoms with Gasteiger partial charge in [0.1, 0.15) is 5.82 Å². The minimum Gasteiger partial charge on any atom is -0.346 e. The van der Waals surface area contributed by atoms with Gasteiger partial charge in [-0.1, -0.05) is 30.3 Å². The van der Waals surface area contributed by atoms with E-state index in [-0.39, 0.29) is 49.2 Å². The van der Waals surface area contributed by atoms with Crippen LogP contribution in [-0.4, -0.2) is 20.7 Å². The predicted molar refractivity (Wildman–Crippen MR) is 97.4 cm³/mol. The van der Waals surface area contributed by atoms with Gasteiger partial charge in [0.15, 0.2) is 5.82 Å². The number of rotatable bonds is 5. The van der Waals surface area contributed by atoms with Gasteiger partial charge in [0.05, 0.1) is 6.04 Å². The topological polar surface area (TPSA) is 85.8 Å². The molecular weight excluding hydrogens is 349 g/mol. The fourth-order valence-electron chi connectivity index (χ4n) is 2.88. The van der Waals surface area contributed by atoms with Gasteiger partial charge in [-0.2, -0.15) is 0 Å². The first-order valence-electron chi connectivity index (χ1n) is 7.67. The Labute approximate surface area is 154 Å². The van der Waals surface area contributed by atoms with Crippen LogP contribution in [-0.2, 0) is 17.8 Å². The second-order valence-corrected chi connectivity index (χ2v) is 5.74. The first kappa shape index (κ1) is 20.4. The lowest BCUT2D eigenvalue weighted by atomic mass is 10.0. The third kappa shape index (κ3) is 4.47. The zero-order chi connectivity index (χ0) is 15.5. The standard InChI is InChI=1S/C16H21N5O.2ClH/c1-11(16-20-19-14-8-5-9-21(14)16)18-15(22)10-13(17)12-6-3-2-4-7-12;;/h2-4,6-7,11,13H,5,8-10,17H2,1H3,(H,18,22);2*1H. The van der Waals surface area contributed by atoms with Crippen molar-refractivity contribution in [3.05, 3.63) is 47.5 Å². The van der Waals surface area contributed by atoms with Crippen molar-refractivity contribution >= 4 is 30.7 Å². The van der Waals surface area contributed by atoms with E-state index >= 15 is 0 Å². The highest BCUT2D eigenvalue weighted by Crippen LogP contribution is 2.19.